The molecule has 0 radical (unpaired) electrons. The quantitative estimate of drug-likeness (QED) is 0.713. The fourth-order valence-electron chi connectivity index (χ4n) is 2.04. The number of carbonyl (C=O) groups is 3. The SMILES string of the molecule is O=C(CNC(=O)c1ccccc1)NCCCN1CCOC1=O. The summed E-state index contributed by atoms with van der Waals surface area (Å²) in [6.07, 6.45) is 0.342. The van der Waals surface area contributed by atoms with Crippen molar-refractivity contribution >= 4 is 17.9 Å². The summed E-state index contributed by atoms with van der Waals surface area (Å²) in [5, 5.41) is 5.25. The van der Waals surface area contributed by atoms with Crippen molar-refractivity contribution < 1.29 is 19.1 Å². The maximum Gasteiger partial charge on any atom is 0.409 e. The third-order valence-electron chi connectivity index (χ3n) is 3.22. The van der Waals surface area contributed by atoms with Crippen LogP contribution >= 0.6 is 0 Å². The van der Waals surface area contributed by atoms with Gasteiger partial charge in [-0.25, -0.2) is 4.79 Å². The summed E-state index contributed by atoms with van der Waals surface area (Å²) >= 11 is 0. The number of hydrogen-bond acceptors (Lipinski definition) is 4. The smallest absolute Gasteiger partial charge is 0.409 e. The fourth-order valence-corrected chi connectivity index (χ4v) is 2.04. The fraction of sp³-hybridized carbons (Fsp3) is 0.400. The van der Waals surface area contributed by atoms with Gasteiger partial charge in [0, 0.05) is 18.7 Å². The van der Waals surface area contributed by atoms with Crippen LogP contribution in [-0.4, -0.2) is 55.6 Å². The van der Waals surface area contributed by atoms with E-state index < -0.39 is 0 Å². The van der Waals surface area contributed by atoms with Crippen LogP contribution in [0.2, 0.25) is 0 Å². The first-order chi connectivity index (χ1) is 10.7. The van der Waals surface area contributed by atoms with E-state index in [4.69, 9.17) is 4.74 Å². The molecule has 1 aromatic rings. The van der Waals surface area contributed by atoms with Crippen LogP contribution in [-0.2, 0) is 9.53 Å². The highest BCUT2D eigenvalue weighted by molar-refractivity contribution is 5.96. The van der Waals surface area contributed by atoms with Crippen molar-refractivity contribution in [3.8, 4) is 0 Å². The molecule has 7 heteroatoms. The minimum absolute atomic E-state index is 0.0700. The molecule has 1 fully saturated rings. The molecule has 118 valence electrons. The number of nitrogens with one attached hydrogen (secondary N) is 2. The number of hydrogen-bond donors (Lipinski definition) is 2. The molecule has 0 atom stereocenters. The second-order valence-corrected chi connectivity index (χ2v) is 4.85. The van der Waals surface area contributed by atoms with E-state index in [0.29, 0.717) is 38.2 Å². The lowest BCUT2D eigenvalue weighted by Gasteiger charge is -2.12. The topological polar surface area (TPSA) is 87.7 Å². The first-order valence-corrected chi connectivity index (χ1v) is 7.18. The summed E-state index contributed by atoms with van der Waals surface area (Å²) in [5.74, 6) is -0.538. The maximum absolute atomic E-state index is 11.7. The van der Waals surface area contributed by atoms with Crippen molar-refractivity contribution in [1.82, 2.24) is 15.5 Å². The van der Waals surface area contributed by atoms with Crippen molar-refractivity contribution in [1.29, 1.82) is 0 Å². The van der Waals surface area contributed by atoms with Gasteiger partial charge in [-0.05, 0) is 18.6 Å². The zero-order chi connectivity index (χ0) is 15.8. The monoisotopic (exact) mass is 305 g/mol. The van der Waals surface area contributed by atoms with Gasteiger partial charge in [-0.1, -0.05) is 18.2 Å². The minimum Gasteiger partial charge on any atom is -0.448 e. The Morgan fingerprint density at radius 1 is 1.18 bits per heavy atom. The molecule has 0 aromatic heterocycles. The van der Waals surface area contributed by atoms with Crippen molar-refractivity contribution in [2.45, 2.75) is 6.42 Å². The molecule has 0 spiro atoms. The van der Waals surface area contributed by atoms with Gasteiger partial charge in [-0.15, -0.1) is 0 Å². The molecule has 3 amide bonds. The summed E-state index contributed by atoms with van der Waals surface area (Å²) in [5.41, 5.74) is 0.517. The van der Waals surface area contributed by atoms with Crippen LogP contribution in [0.25, 0.3) is 0 Å². The second kappa shape index (κ2) is 8.02. The van der Waals surface area contributed by atoms with Gasteiger partial charge in [-0.2, -0.15) is 0 Å². The molecular formula is C15H19N3O4. The molecule has 2 rings (SSSR count). The van der Waals surface area contributed by atoms with Gasteiger partial charge in [-0.3, -0.25) is 9.59 Å². The normalized spacial score (nSPS) is 13.6. The van der Waals surface area contributed by atoms with Crippen LogP contribution in [0.4, 0.5) is 4.79 Å². The Balaban J connectivity index is 1.58. The van der Waals surface area contributed by atoms with E-state index in [9.17, 15) is 14.4 Å². The molecule has 22 heavy (non-hydrogen) atoms. The molecular weight excluding hydrogens is 286 g/mol. The van der Waals surface area contributed by atoms with Crippen LogP contribution in [0.15, 0.2) is 30.3 Å². The van der Waals surface area contributed by atoms with Crippen LogP contribution in [0, 0.1) is 0 Å². The number of nitrogens with zero attached hydrogens (tertiary/aromatic N) is 1. The van der Waals surface area contributed by atoms with Gasteiger partial charge in [0.25, 0.3) is 5.91 Å². The summed E-state index contributed by atoms with van der Waals surface area (Å²) in [4.78, 5) is 36.1. The lowest BCUT2D eigenvalue weighted by atomic mass is 10.2. The van der Waals surface area contributed by atoms with Gasteiger partial charge in [0.1, 0.15) is 6.61 Å². The van der Waals surface area contributed by atoms with Crippen LogP contribution < -0.4 is 10.6 Å². The van der Waals surface area contributed by atoms with Crippen molar-refractivity contribution in [3.05, 3.63) is 35.9 Å². The van der Waals surface area contributed by atoms with E-state index >= 15 is 0 Å². The molecule has 1 aromatic carbocycles. The highest BCUT2D eigenvalue weighted by atomic mass is 16.6. The molecule has 2 N–H and O–H groups in total. The van der Waals surface area contributed by atoms with Crippen molar-refractivity contribution in [3.63, 3.8) is 0 Å². The molecule has 0 bridgehead atoms. The second-order valence-electron chi connectivity index (χ2n) is 4.85. The summed E-state index contributed by atoms with van der Waals surface area (Å²) in [7, 11) is 0. The van der Waals surface area contributed by atoms with Gasteiger partial charge >= 0.3 is 6.09 Å². The number of rotatable bonds is 7. The minimum atomic E-state index is -0.304. The maximum atomic E-state index is 11.7. The average molecular weight is 305 g/mol. The lowest BCUT2D eigenvalue weighted by molar-refractivity contribution is -0.120. The van der Waals surface area contributed by atoms with E-state index in [1.165, 1.54) is 0 Å². The standard InChI is InChI=1S/C15H19N3O4/c19-13(11-17-14(20)12-5-2-1-3-6-12)16-7-4-8-18-9-10-22-15(18)21/h1-3,5-6H,4,7-11H2,(H,16,19)(H,17,20). The van der Waals surface area contributed by atoms with Crippen LogP contribution in [0.5, 0.6) is 0 Å². The summed E-state index contributed by atoms with van der Waals surface area (Å²) in [6, 6.07) is 8.71. The molecule has 7 nitrogen and oxygen atoms in total. The third-order valence-corrected chi connectivity index (χ3v) is 3.22. The Bertz CT molecular complexity index is 533. The Kier molecular flexibility index (Phi) is 5.76. The highest BCUT2D eigenvalue weighted by Crippen LogP contribution is 2.03. The van der Waals surface area contributed by atoms with Gasteiger partial charge in [0.15, 0.2) is 0 Å². The molecule has 1 aliphatic rings. The van der Waals surface area contributed by atoms with E-state index in [-0.39, 0.29) is 24.5 Å². The van der Waals surface area contributed by atoms with Gasteiger partial charge in [0.05, 0.1) is 13.1 Å². The van der Waals surface area contributed by atoms with Gasteiger partial charge in [0.2, 0.25) is 5.91 Å². The Morgan fingerprint density at radius 2 is 1.95 bits per heavy atom. The molecule has 1 saturated heterocycles. The highest BCUT2D eigenvalue weighted by Gasteiger charge is 2.20. The predicted octanol–water partition coefficient (Wildman–Crippen LogP) is 0.375. The number of cyclic esters (lactones) is 1. The Labute approximate surface area is 128 Å². The van der Waals surface area contributed by atoms with E-state index in [0.717, 1.165) is 0 Å². The first kappa shape index (κ1) is 15.8. The Morgan fingerprint density at radius 3 is 2.64 bits per heavy atom. The van der Waals surface area contributed by atoms with Gasteiger partial charge < -0.3 is 20.3 Å². The van der Waals surface area contributed by atoms with Crippen molar-refractivity contribution in [2.75, 3.05) is 32.8 Å². The number of ether oxygens (including phenoxy) is 1. The molecule has 1 heterocycles. The zero-order valence-corrected chi connectivity index (χ0v) is 12.2. The zero-order valence-electron chi connectivity index (χ0n) is 12.2. The first-order valence-electron chi connectivity index (χ1n) is 7.18. The molecule has 0 unspecified atom stereocenters. The number of benzene rings is 1. The molecule has 0 saturated carbocycles. The lowest BCUT2D eigenvalue weighted by Crippen LogP contribution is -2.38. The third kappa shape index (κ3) is 4.76. The van der Waals surface area contributed by atoms with E-state index in [1.54, 1.807) is 29.2 Å². The van der Waals surface area contributed by atoms with E-state index in [1.807, 2.05) is 6.07 Å². The number of carbonyl (C=O) groups excluding carboxylic acids is 3. The Hall–Kier alpha value is -2.57. The number of amides is 3. The summed E-state index contributed by atoms with van der Waals surface area (Å²) < 4.78 is 4.80. The predicted molar refractivity (Wildman–Crippen MR) is 79.3 cm³/mol. The van der Waals surface area contributed by atoms with Crippen LogP contribution in [0.3, 0.4) is 0 Å². The summed E-state index contributed by atoms with van der Waals surface area (Å²) in [6.45, 7) is 1.95. The average Bonchev–Trinajstić information content (AvgIpc) is 2.95. The largest absolute Gasteiger partial charge is 0.448 e. The van der Waals surface area contributed by atoms with Crippen LogP contribution in [0.1, 0.15) is 16.8 Å². The molecule has 1 aliphatic heterocycles. The van der Waals surface area contributed by atoms with E-state index in [2.05, 4.69) is 10.6 Å². The molecule has 0 aliphatic carbocycles. The van der Waals surface area contributed by atoms with Crippen molar-refractivity contribution in [2.24, 2.45) is 0 Å².